The lowest BCUT2D eigenvalue weighted by Gasteiger charge is -2.28. The molecule has 2 aromatic rings. The molecule has 1 aliphatic heterocycles. The quantitative estimate of drug-likeness (QED) is 0.733. The van der Waals surface area contributed by atoms with E-state index in [1.54, 1.807) is 12.1 Å². The van der Waals surface area contributed by atoms with Gasteiger partial charge in [0, 0.05) is 11.6 Å². The fourth-order valence-corrected chi connectivity index (χ4v) is 5.25. The van der Waals surface area contributed by atoms with E-state index in [-0.39, 0.29) is 11.3 Å². The van der Waals surface area contributed by atoms with Gasteiger partial charge in [0.2, 0.25) is 0 Å². The Morgan fingerprint density at radius 2 is 1.96 bits per heavy atom. The maximum atomic E-state index is 13.3. The SMILES string of the molecule is CCCC[C@]1(CC)C[S@+]([O-])c2cc(O)c(OC)cc2C(c2ccccc2)=N1. The Balaban J connectivity index is 2.25. The van der Waals surface area contributed by atoms with Crippen molar-refractivity contribution in [2.45, 2.75) is 50.0 Å². The molecule has 0 aliphatic carbocycles. The summed E-state index contributed by atoms with van der Waals surface area (Å²) in [5.74, 6) is 0.847. The minimum atomic E-state index is -1.25. The van der Waals surface area contributed by atoms with E-state index in [0.717, 1.165) is 42.5 Å². The summed E-state index contributed by atoms with van der Waals surface area (Å²) in [7, 11) is 1.52. The van der Waals surface area contributed by atoms with Gasteiger partial charge in [-0.25, -0.2) is 0 Å². The number of nitrogens with zero attached hydrogens (tertiary/aromatic N) is 1. The highest BCUT2D eigenvalue weighted by Crippen LogP contribution is 2.39. The van der Waals surface area contributed by atoms with Crippen LogP contribution in [0.4, 0.5) is 0 Å². The molecule has 5 heteroatoms. The van der Waals surface area contributed by atoms with Crippen molar-refractivity contribution >= 4 is 16.9 Å². The van der Waals surface area contributed by atoms with Gasteiger partial charge in [-0.15, -0.1) is 0 Å². The van der Waals surface area contributed by atoms with Crippen LogP contribution in [0, 0.1) is 0 Å². The molecule has 144 valence electrons. The molecule has 0 radical (unpaired) electrons. The summed E-state index contributed by atoms with van der Waals surface area (Å²) in [5, 5.41) is 10.3. The number of ether oxygens (including phenoxy) is 1. The molecule has 0 unspecified atom stereocenters. The van der Waals surface area contributed by atoms with Crippen LogP contribution in [0.15, 0.2) is 52.4 Å². The summed E-state index contributed by atoms with van der Waals surface area (Å²) in [6, 6.07) is 13.3. The summed E-state index contributed by atoms with van der Waals surface area (Å²) < 4.78 is 18.6. The van der Waals surface area contributed by atoms with E-state index in [1.165, 1.54) is 7.11 Å². The maximum absolute atomic E-state index is 13.3. The first-order valence-corrected chi connectivity index (χ1v) is 10.8. The van der Waals surface area contributed by atoms with Gasteiger partial charge in [-0.3, -0.25) is 4.99 Å². The van der Waals surface area contributed by atoms with Crippen LogP contribution in [0.3, 0.4) is 0 Å². The van der Waals surface area contributed by atoms with E-state index in [0.29, 0.717) is 16.4 Å². The molecule has 2 atom stereocenters. The molecule has 4 nitrogen and oxygen atoms in total. The number of methoxy groups -OCH3 is 1. The van der Waals surface area contributed by atoms with Crippen LogP contribution in [0.25, 0.3) is 0 Å². The average Bonchev–Trinajstić information content (AvgIpc) is 2.81. The molecule has 0 spiro atoms. The summed E-state index contributed by atoms with van der Waals surface area (Å²) in [5.41, 5.74) is 2.22. The van der Waals surface area contributed by atoms with Crippen molar-refractivity contribution in [3.8, 4) is 11.5 Å². The molecule has 0 saturated carbocycles. The lowest BCUT2D eigenvalue weighted by atomic mass is 9.91. The molecular weight excluding hydrogens is 358 g/mol. The van der Waals surface area contributed by atoms with Crippen molar-refractivity contribution < 1.29 is 14.4 Å². The van der Waals surface area contributed by atoms with Gasteiger partial charge in [-0.1, -0.05) is 57.0 Å². The third-order valence-electron chi connectivity index (χ3n) is 5.23. The van der Waals surface area contributed by atoms with E-state index in [1.807, 2.05) is 30.3 Å². The lowest BCUT2D eigenvalue weighted by molar-refractivity contribution is 0.372. The summed E-state index contributed by atoms with van der Waals surface area (Å²) in [6.45, 7) is 4.28. The highest BCUT2D eigenvalue weighted by Gasteiger charge is 2.39. The van der Waals surface area contributed by atoms with Crippen LogP contribution >= 0.6 is 0 Å². The number of hydrogen-bond donors (Lipinski definition) is 1. The standard InChI is InChI=1S/C22H27NO3S/c1-4-6-12-22(5-2)15-27(25)20-14-18(24)19(26-3)13-17(20)21(23-22)16-10-8-7-9-11-16/h7-11,13-14,24H,4-6,12,15H2,1-3H3/t22-,27+/m1/s1. The first kappa shape index (κ1) is 19.8. The summed E-state index contributed by atoms with van der Waals surface area (Å²) >= 11 is -1.25. The number of phenols is 1. The summed E-state index contributed by atoms with van der Waals surface area (Å²) in [6.07, 6.45) is 3.85. The lowest BCUT2D eigenvalue weighted by Crippen LogP contribution is -2.34. The maximum Gasteiger partial charge on any atom is 0.166 e. The number of hydrogen-bond acceptors (Lipinski definition) is 4. The molecule has 3 rings (SSSR count). The van der Waals surface area contributed by atoms with Gasteiger partial charge in [0.1, 0.15) is 11.3 Å². The zero-order valence-corrected chi connectivity index (χ0v) is 17.0. The second kappa shape index (κ2) is 8.36. The fraction of sp³-hybridized carbons (Fsp3) is 0.409. The minimum Gasteiger partial charge on any atom is -0.611 e. The van der Waals surface area contributed by atoms with Crippen molar-refractivity contribution in [3.63, 3.8) is 0 Å². The zero-order valence-electron chi connectivity index (χ0n) is 16.2. The Hall–Kier alpha value is -1.98. The van der Waals surface area contributed by atoms with Crippen LogP contribution in [-0.2, 0) is 11.2 Å². The molecule has 1 aliphatic rings. The number of fused-ring (bicyclic) bond motifs is 1. The number of phenolic OH excluding ortho intramolecular Hbond substituents is 1. The van der Waals surface area contributed by atoms with Gasteiger partial charge in [-0.2, -0.15) is 0 Å². The minimum absolute atomic E-state index is 0.00886. The van der Waals surface area contributed by atoms with Crippen LogP contribution in [0.1, 0.15) is 50.7 Å². The molecule has 0 aromatic heterocycles. The number of benzene rings is 2. The van der Waals surface area contributed by atoms with Crippen molar-refractivity contribution in [3.05, 3.63) is 53.6 Å². The molecule has 0 bridgehead atoms. The number of aliphatic imine (C=N–C) groups is 1. The molecule has 1 heterocycles. The van der Waals surface area contributed by atoms with Crippen LogP contribution in [0.2, 0.25) is 0 Å². The number of aromatic hydroxyl groups is 1. The van der Waals surface area contributed by atoms with Gasteiger partial charge in [0.25, 0.3) is 0 Å². The number of unbranched alkanes of at least 4 members (excludes halogenated alkanes) is 1. The predicted molar refractivity (Wildman–Crippen MR) is 111 cm³/mol. The van der Waals surface area contributed by atoms with Crippen LogP contribution in [0.5, 0.6) is 11.5 Å². The van der Waals surface area contributed by atoms with Gasteiger partial charge in [-0.05, 0) is 30.1 Å². The van der Waals surface area contributed by atoms with Gasteiger partial charge < -0.3 is 14.4 Å². The molecule has 2 aromatic carbocycles. The first-order valence-electron chi connectivity index (χ1n) is 9.48. The molecular formula is C22H27NO3S. The van der Waals surface area contributed by atoms with Crippen LogP contribution < -0.4 is 4.74 Å². The van der Waals surface area contributed by atoms with Gasteiger partial charge >= 0.3 is 0 Å². The number of rotatable bonds is 6. The van der Waals surface area contributed by atoms with Crippen molar-refractivity contribution in [1.82, 2.24) is 0 Å². The van der Waals surface area contributed by atoms with E-state index < -0.39 is 11.2 Å². The molecule has 27 heavy (non-hydrogen) atoms. The third kappa shape index (κ3) is 3.99. The fourth-order valence-electron chi connectivity index (χ4n) is 3.55. The Bertz CT molecular complexity index is 822. The smallest absolute Gasteiger partial charge is 0.166 e. The van der Waals surface area contributed by atoms with E-state index in [9.17, 15) is 9.66 Å². The third-order valence-corrected chi connectivity index (χ3v) is 6.86. The van der Waals surface area contributed by atoms with E-state index in [2.05, 4.69) is 13.8 Å². The monoisotopic (exact) mass is 385 g/mol. The van der Waals surface area contributed by atoms with Crippen molar-refractivity contribution in [1.29, 1.82) is 0 Å². The first-order chi connectivity index (χ1) is 13.0. The van der Waals surface area contributed by atoms with E-state index in [4.69, 9.17) is 9.73 Å². The molecule has 0 saturated heterocycles. The Morgan fingerprint density at radius 1 is 1.22 bits per heavy atom. The summed E-state index contributed by atoms with van der Waals surface area (Å²) in [4.78, 5) is 5.84. The topological polar surface area (TPSA) is 64.9 Å². The normalized spacial score (nSPS) is 21.9. The Kier molecular flexibility index (Phi) is 6.12. The van der Waals surface area contributed by atoms with Crippen molar-refractivity contribution in [2.24, 2.45) is 4.99 Å². The molecule has 0 fully saturated rings. The zero-order chi connectivity index (χ0) is 19.4. The Morgan fingerprint density at radius 3 is 2.59 bits per heavy atom. The van der Waals surface area contributed by atoms with Gasteiger partial charge in [0.15, 0.2) is 16.4 Å². The van der Waals surface area contributed by atoms with Crippen LogP contribution in [-0.4, -0.2) is 33.8 Å². The average molecular weight is 386 g/mol. The molecule has 1 N–H and O–H groups in total. The van der Waals surface area contributed by atoms with E-state index >= 15 is 0 Å². The van der Waals surface area contributed by atoms with Gasteiger partial charge in [0.05, 0.1) is 18.4 Å². The highest BCUT2D eigenvalue weighted by molar-refractivity contribution is 7.91. The predicted octanol–water partition coefficient (Wildman–Crippen LogP) is 4.70. The van der Waals surface area contributed by atoms with Crippen molar-refractivity contribution in [2.75, 3.05) is 12.9 Å². The Labute approximate surface area is 164 Å². The highest BCUT2D eigenvalue weighted by atomic mass is 32.2. The largest absolute Gasteiger partial charge is 0.611 e. The second-order valence-corrected chi connectivity index (χ2v) is 8.44. The molecule has 0 amide bonds. The second-order valence-electron chi connectivity index (χ2n) is 7.02.